The second-order valence-corrected chi connectivity index (χ2v) is 10.5. The van der Waals surface area contributed by atoms with Crippen LogP contribution in [0, 0.1) is 5.92 Å². The van der Waals surface area contributed by atoms with Crippen LogP contribution in [0.25, 0.3) is 10.2 Å². The van der Waals surface area contributed by atoms with Gasteiger partial charge in [0.25, 0.3) is 0 Å². The molecule has 0 amide bonds. The van der Waals surface area contributed by atoms with Crippen LogP contribution in [0.4, 0.5) is 21.6 Å². The molecule has 2 aromatic heterocycles. The highest BCUT2D eigenvalue weighted by atomic mass is 32.1. The minimum absolute atomic E-state index is 0.135. The van der Waals surface area contributed by atoms with E-state index in [4.69, 9.17) is 4.74 Å². The number of imidazole rings is 1. The molecule has 2 aromatic carbocycles. The van der Waals surface area contributed by atoms with Crippen LogP contribution < -0.4 is 10.6 Å². The largest absolute Gasteiger partial charge is 0.493 e. The van der Waals surface area contributed by atoms with Crippen molar-refractivity contribution < 1.29 is 14.6 Å². The summed E-state index contributed by atoms with van der Waals surface area (Å²) in [6.45, 7) is 2.73. The van der Waals surface area contributed by atoms with Gasteiger partial charge in [0.1, 0.15) is 5.69 Å². The molecule has 0 bridgehead atoms. The number of thiazole rings is 1. The number of ether oxygens (including phenoxy) is 1. The van der Waals surface area contributed by atoms with Gasteiger partial charge < -0.3 is 20.5 Å². The summed E-state index contributed by atoms with van der Waals surface area (Å²) in [5.74, 6) is 0.616. The number of fused-ring (bicyclic) bond motifs is 1. The fourth-order valence-electron chi connectivity index (χ4n) is 4.85. The van der Waals surface area contributed by atoms with Gasteiger partial charge in [-0.1, -0.05) is 67.7 Å². The first-order valence-corrected chi connectivity index (χ1v) is 13.9. The predicted octanol–water partition coefficient (Wildman–Crippen LogP) is 6.72. The van der Waals surface area contributed by atoms with Crippen LogP contribution >= 0.6 is 11.3 Å². The van der Waals surface area contributed by atoms with Crippen molar-refractivity contribution in [1.82, 2.24) is 14.5 Å². The van der Waals surface area contributed by atoms with Gasteiger partial charge in [-0.3, -0.25) is 0 Å². The SMILES string of the molecule is CCOC(=O)n1c(Nc2ccc(CCNc3nc4ccccc4s3)cc2)nc(CC2CCCCC2)c1O. The lowest BCUT2D eigenvalue weighted by molar-refractivity contribution is 0.152. The Morgan fingerprint density at radius 1 is 1.11 bits per heavy atom. The zero-order valence-corrected chi connectivity index (χ0v) is 21.9. The van der Waals surface area contributed by atoms with Crippen molar-refractivity contribution >= 4 is 44.4 Å². The van der Waals surface area contributed by atoms with E-state index in [1.54, 1.807) is 18.3 Å². The molecule has 9 heteroatoms. The molecule has 0 radical (unpaired) electrons. The summed E-state index contributed by atoms with van der Waals surface area (Å²) >= 11 is 1.66. The molecule has 0 spiro atoms. The number of aromatic nitrogens is 3. The number of carbonyl (C=O) groups excluding carboxylic acids is 1. The third-order valence-corrected chi connectivity index (χ3v) is 7.77. The van der Waals surface area contributed by atoms with E-state index >= 15 is 0 Å². The summed E-state index contributed by atoms with van der Waals surface area (Å²) in [5.41, 5.74) is 3.51. The lowest BCUT2D eigenvalue weighted by atomic mass is 9.86. The molecule has 4 aromatic rings. The van der Waals surface area contributed by atoms with E-state index < -0.39 is 6.09 Å². The lowest BCUT2D eigenvalue weighted by Crippen LogP contribution is -2.15. The number of nitrogens with zero attached hydrogens (tertiary/aromatic N) is 3. The number of anilines is 3. The predicted molar refractivity (Wildman–Crippen MR) is 148 cm³/mol. The van der Waals surface area contributed by atoms with Crippen LogP contribution in [0.3, 0.4) is 0 Å². The lowest BCUT2D eigenvalue weighted by Gasteiger charge is -2.20. The zero-order valence-electron chi connectivity index (χ0n) is 21.1. The van der Waals surface area contributed by atoms with Crippen LogP contribution in [0.2, 0.25) is 0 Å². The number of carbonyl (C=O) groups is 1. The normalized spacial score (nSPS) is 14.1. The molecular formula is C28H33N5O3S. The Kier molecular flexibility index (Phi) is 7.89. The van der Waals surface area contributed by atoms with Gasteiger partial charge in [0.15, 0.2) is 5.13 Å². The Bertz CT molecular complexity index is 1310. The quantitative estimate of drug-likeness (QED) is 0.225. The third kappa shape index (κ3) is 6.05. The average molecular weight is 520 g/mol. The Hall–Kier alpha value is -3.59. The summed E-state index contributed by atoms with van der Waals surface area (Å²) in [7, 11) is 0. The Balaban J connectivity index is 1.23. The van der Waals surface area contributed by atoms with E-state index in [2.05, 4.69) is 26.7 Å². The van der Waals surface area contributed by atoms with Gasteiger partial charge in [-0.05, 0) is 55.5 Å². The summed E-state index contributed by atoms with van der Waals surface area (Å²) < 4.78 is 7.49. The average Bonchev–Trinajstić information content (AvgIpc) is 3.46. The number of rotatable bonds is 9. The molecule has 194 valence electrons. The van der Waals surface area contributed by atoms with Gasteiger partial charge >= 0.3 is 6.09 Å². The van der Waals surface area contributed by atoms with E-state index in [-0.39, 0.29) is 18.4 Å². The minimum Gasteiger partial charge on any atom is -0.493 e. The first-order valence-electron chi connectivity index (χ1n) is 13.0. The van der Waals surface area contributed by atoms with E-state index in [0.29, 0.717) is 18.0 Å². The molecule has 1 aliphatic rings. The maximum atomic E-state index is 12.6. The Morgan fingerprint density at radius 2 is 1.89 bits per heavy atom. The van der Waals surface area contributed by atoms with E-state index in [1.165, 1.54) is 29.5 Å². The van der Waals surface area contributed by atoms with Crippen LogP contribution in [-0.4, -0.2) is 38.9 Å². The Morgan fingerprint density at radius 3 is 2.65 bits per heavy atom. The summed E-state index contributed by atoms with van der Waals surface area (Å²) in [5, 5.41) is 18.4. The molecule has 0 aliphatic heterocycles. The number of hydrogen-bond acceptors (Lipinski definition) is 8. The second kappa shape index (κ2) is 11.6. The summed E-state index contributed by atoms with van der Waals surface area (Å²) in [6, 6.07) is 16.1. The van der Waals surface area contributed by atoms with Crippen molar-refractivity contribution in [3.63, 3.8) is 0 Å². The number of benzene rings is 2. The number of nitrogens with one attached hydrogen (secondary N) is 2. The van der Waals surface area contributed by atoms with Gasteiger partial charge in [0.05, 0.1) is 16.8 Å². The highest BCUT2D eigenvalue weighted by Crippen LogP contribution is 2.32. The van der Waals surface area contributed by atoms with Crippen molar-refractivity contribution in [2.24, 2.45) is 5.92 Å². The zero-order chi connectivity index (χ0) is 25.6. The molecular weight excluding hydrogens is 486 g/mol. The van der Waals surface area contributed by atoms with Crippen LogP contribution in [0.5, 0.6) is 5.88 Å². The van der Waals surface area contributed by atoms with Gasteiger partial charge in [0, 0.05) is 12.2 Å². The molecule has 8 nitrogen and oxygen atoms in total. The summed E-state index contributed by atoms with van der Waals surface area (Å²) in [6.07, 6.45) is 6.80. The first kappa shape index (κ1) is 25.1. The number of hydrogen-bond donors (Lipinski definition) is 3. The molecule has 1 saturated carbocycles. The van der Waals surface area contributed by atoms with Crippen molar-refractivity contribution in [2.45, 2.75) is 51.9 Å². The number of para-hydroxylation sites is 1. The van der Waals surface area contributed by atoms with Gasteiger partial charge in [-0.25, -0.2) is 14.8 Å². The smallest absolute Gasteiger partial charge is 0.423 e. The second-order valence-electron chi connectivity index (χ2n) is 9.43. The Labute approximate surface area is 220 Å². The highest BCUT2D eigenvalue weighted by molar-refractivity contribution is 7.22. The molecule has 2 heterocycles. The summed E-state index contributed by atoms with van der Waals surface area (Å²) in [4.78, 5) is 21.8. The molecule has 1 aliphatic carbocycles. The van der Waals surface area contributed by atoms with E-state index in [0.717, 1.165) is 46.7 Å². The van der Waals surface area contributed by atoms with Crippen LogP contribution in [0.15, 0.2) is 48.5 Å². The van der Waals surface area contributed by atoms with E-state index in [1.807, 2.05) is 42.5 Å². The van der Waals surface area contributed by atoms with Gasteiger partial charge in [-0.2, -0.15) is 4.57 Å². The molecule has 0 saturated heterocycles. The first-order chi connectivity index (χ1) is 18.1. The van der Waals surface area contributed by atoms with Crippen molar-refractivity contribution in [3.05, 3.63) is 59.8 Å². The third-order valence-electron chi connectivity index (χ3n) is 6.77. The van der Waals surface area contributed by atoms with Crippen LogP contribution in [-0.2, 0) is 17.6 Å². The fourth-order valence-corrected chi connectivity index (χ4v) is 5.74. The van der Waals surface area contributed by atoms with Crippen molar-refractivity contribution in [1.29, 1.82) is 0 Å². The highest BCUT2D eigenvalue weighted by Gasteiger charge is 2.25. The van der Waals surface area contributed by atoms with E-state index in [9.17, 15) is 9.90 Å². The maximum Gasteiger partial charge on any atom is 0.423 e. The molecule has 3 N–H and O–H groups in total. The molecule has 37 heavy (non-hydrogen) atoms. The number of aromatic hydroxyl groups is 1. The minimum atomic E-state index is -0.637. The van der Waals surface area contributed by atoms with Gasteiger partial charge in [0.2, 0.25) is 11.8 Å². The molecule has 0 atom stereocenters. The fraction of sp³-hybridized carbons (Fsp3) is 0.393. The molecule has 0 unspecified atom stereocenters. The molecule has 1 fully saturated rings. The monoisotopic (exact) mass is 519 g/mol. The maximum absolute atomic E-state index is 12.6. The topological polar surface area (TPSA) is 101 Å². The molecule has 5 rings (SSSR count). The standard InChI is InChI=1S/C28H33N5O3S/c1-2-36-28(35)33-25(34)23(18-20-8-4-3-5-9-20)31-26(33)30-21-14-12-19(13-15-21)16-17-29-27-32-22-10-6-7-11-24(22)37-27/h6-7,10-15,20,34H,2-5,8-9,16-18H2,1H3,(H,29,32)(H,30,31). The van der Waals surface area contributed by atoms with Crippen molar-refractivity contribution in [3.8, 4) is 5.88 Å². The van der Waals surface area contributed by atoms with Gasteiger partial charge in [-0.15, -0.1) is 0 Å². The van der Waals surface area contributed by atoms with Crippen molar-refractivity contribution in [2.75, 3.05) is 23.8 Å². The van der Waals surface area contributed by atoms with Crippen LogP contribution in [0.1, 0.15) is 50.3 Å².